The molecular weight excluding hydrogens is 386 g/mol. The normalized spacial score (nSPS) is 24.4. The number of carbonyl (C=O) groups is 1. The first kappa shape index (κ1) is 19.9. The molecule has 0 radical (unpaired) electrons. The van der Waals surface area contributed by atoms with Gasteiger partial charge in [0.25, 0.3) is 0 Å². The lowest BCUT2D eigenvalue weighted by atomic mass is 9.99. The zero-order valence-electron chi connectivity index (χ0n) is 15.2. The summed E-state index contributed by atoms with van der Waals surface area (Å²) in [5, 5.41) is -0.518. The van der Waals surface area contributed by atoms with Crippen LogP contribution in [0.1, 0.15) is 24.0 Å². The molecule has 1 saturated carbocycles. The summed E-state index contributed by atoms with van der Waals surface area (Å²) < 4.78 is 31.9. The molecule has 3 rings (SSSR count). The van der Waals surface area contributed by atoms with E-state index in [1.165, 1.54) is 0 Å². The van der Waals surface area contributed by atoms with Crippen LogP contribution in [0.25, 0.3) is 0 Å². The standard InChI is InChI=1S/C20H22ClNO4S/c1-3-26-19(23)20(12-22)17(14-5-4-6-15(21)11-14)18(20)27(24,25)16-9-7-13(2)8-10-16/h4-11,17-18H,3,12,22H2,1-2H3/t17-,18+,20-/m1/s1. The maximum Gasteiger partial charge on any atom is 0.315 e. The van der Waals surface area contributed by atoms with Crippen molar-refractivity contribution in [3.05, 3.63) is 64.7 Å². The third-order valence-electron chi connectivity index (χ3n) is 5.14. The number of esters is 1. The van der Waals surface area contributed by atoms with E-state index >= 15 is 0 Å². The van der Waals surface area contributed by atoms with Crippen LogP contribution >= 0.6 is 11.6 Å². The van der Waals surface area contributed by atoms with E-state index in [9.17, 15) is 13.2 Å². The molecule has 0 unspecified atom stereocenters. The molecule has 1 fully saturated rings. The number of hydrogen-bond acceptors (Lipinski definition) is 5. The van der Waals surface area contributed by atoms with Gasteiger partial charge in [0.2, 0.25) is 0 Å². The van der Waals surface area contributed by atoms with Gasteiger partial charge in [-0.25, -0.2) is 8.42 Å². The summed E-state index contributed by atoms with van der Waals surface area (Å²) in [4.78, 5) is 12.9. The molecule has 2 aromatic rings. The first-order valence-electron chi connectivity index (χ1n) is 8.72. The molecule has 1 aliphatic carbocycles. The molecule has 7 heteroatoms. The number of sulfone groups is 1. The van der Waals surface area contributed by atoms with Gasteiger partial charge in [0, 0.05) is 17.5 Å². The number of rotatable bonds is 6. The number of benzene rings is 2. The summed E-state index contributed by atoms with van der Waals surface area (Å²) in [7, 11) is -3.80. The summed E-state index contributed by atoms with van der Waals surface area (Å²) in [6.07, 6.45) is 0. The molecule has 0 amide bonds. The second-order valence-corrected chi connectivity index (χ2v) is 9.28. The summed E-state index contributed by atoms with van der Waals surface area (Å²) in [6.45, 7) is 3.59. The third kappa shape index (κ3) is 3.26. The fourth-order valence-corrected chi connectivity index (χ4v) is 6.32. The molecule has 2 aromatic carbocycles. The Balaban J connectivity index is 2.12. The summed E-state index contributed by atoms with van der Waals surface area (Å²) in [5.41, 5.74) is 6.26. The highest BCUT2D eigenvalue weighted by molar-refractivity contribution is 7.92. The minimum atomic E-state index is -3.80. The first-order chi connectivity index (χ1) is 12.8. The van der Waals surface area contributed by atoms with E-state index in [0.717, 1.165) is 5.56 Å². The van der Waals surface area contributed by atoms with E-state index < -0.39 is 32.4 Å². The molecule has 0 aromatic heterocycles. The minimum absolute atomic E-state index is 0.126. The lowest BCUT2D eigenvalue weighted by molar-refractivity contribution is -0.149. The maximum absolute atomic E-state index is 13.4. The van der Waals surface area contributed by atoms with Crippen LogP contribution in [0.4, 0.5) is 0 Å². The second-order valence-electron chi connectivity index (χ2n) is 6.78. The molecule has 27 heavy (non-hydrogen) atoms. The Morgan fingerprint density at radius 2 is 1.89 bits per heavy atom. The van der Waals surface area contributed by atoms with E-state index in [1.54, 1.807) is 55.5 Å². The minimum Gasteiger partial charge on any atom is -0.465 e. The molecule has 144 valence electrons. The van der Waals surface area contributed by atoms with Crippen molar-refractivity contribution >= 4 is 27.4 Å². The molecule has 1 aliphatic rings. The Labute approximate surface area is 164 Å². The van der Waals surface area contributed by atoms with Gasteiger partial charge in [-0.15, -0.1) is 0 Å². The van der Waals surface area contributed by atoms with Crippen LogP contribution in [0.15, 0.2) is 53.4 Å². The van der Waals surface area contributed by atoms with Crippen LogP contribution in [0.3, 0.4) is 0 Å². The number of halogens is 1. The summed E-state index contributed by atoms with van der Waals surface area (Å²) in [5.74, 6) is -1.19. The Bertz CT molecular complexity index is 958. The first-order valence-corrected chi connectivity index (χ1v) is 10.6. The average molecular weight is 408 g/mol. The summed E-state index contributed by atoms with van der Waals surface area (Å²) in [6, 6.07) is 13.5. The van der Waals surface area contributed by atoms with Gasteiger partial charge in [0.05, 0.1) is 16.8 Å². The van der Waals surface area contributed by atoms with Crippen LogP contribution in [-0.4, -0.2) is 32.8 Å². The van der Waals surface area contributed by atoms with Crippen molar-refractivity contribution in [3.63, 3.8) is 0 Å². The van der Waals surface area contributed by atoms with E-state index in [2.05, 4.69) is 0 Å². The molecule has 3 atom stereocenters. The molecule has 0 heterocycles. The van der Waals surface area contributed by atoms with Gasteiger partial charge in [0.1, 0.15) is 5.41 Å². The fourth-order valence-electron chi connectivity index (χ4n) is 3.74. The molecule has 5 nitrogen and oxygen atoms in total. The largest absolute Gasteiger partial charge is 0.465 e. The van der Waals surface area contributed by atoms with Crippen molar-refractivity contribution in [3.8, 4) is 0 Å². The van der Waals surface area contributed by atoms with E-state index in [-0.39, 0.29) is 18.0 Å². The molecule has 0 aliphatic heterocycles. The van der Waals surface area contributed by atoms with E-state index in [1.807, 2.05) is 6.92 Å². The number of ether oxygens (including phenoxy) is 1. The van der Waals surface area contributed by atoms with Crippen molar-refractivity contribution in [2.75, 3.05) is 13.2 Å². The van der Waals surface area contributed by atoms with E-state index in [4.69, 9.17) is 22.1 Å². The van der Waals surface area contributed by atoms with Gasteiger partial charge >= 0.3 is 5.97 Å². The van der Waals surface area contributed by atoms with Gasteiger partial charge in [-0.1, -0.05) is 41.4 Å². The van der Waals surface area contributed by atoms with Gasteiger partial charge in [-0.05, 0) is 43.7 Å². The van der Waals surface area contributed by atoms with Crippen molar-refractivity contribution in [1.82, 2.24) is 0 Å². The highest BCUT2D eigenvalue weighted by atomic mass is 35.5. The topological polar surface area (TPSA) is 86.5 Å². The molecule has 0 spiro atoms. The predicted molar refractivity (Wildman–Crippen MR) is 104 cm³/mol. The van der Waals surface area contributed by atoms with E-state index in [0.29, 0.717) is 10.6 Å². The average Bonchev–Trinajstić information content (AvgIpc) is 3.34. The lowest BCUT2D eigenvalue weighted by Gasteiger charge is -2.14. The quantitative estimate of drug-likeness (QED) is 0.743. The predicted octanol–water partition coefficient (Wildman–Crippen LogP) is 3.10. The monoisotopic (exact) mass is 407 g/mol. The van der Waals surface area contributed by atoms with Crippen LogP contribution in [0, 0.1) is 12.3 Å². The SMILES string of the molecule is CCOC(=O)[C@]1(CN)[C@H](c2cccc(Cl)c2)[C@@H]1S(=O)(=O)c1ccc(C)cc1. The van der Waals surface area contributed by atoms with Gasteiger partial charge in [-0.2, -0.15) is 0 Å². The van der Waals surface area contributed by atoms with Crippen molar-refractivity contribution in [2.24, 2.45) is 11.1 Å². The van der Waals surface area contributed by atoms with Gasteiger partial charge in [-0.3, -0.25) is 4.79 Å². The number of carbonyl (C=O) groups excluding carboxylic acids is 1. The highest BCUT2D eigenvalue weighted by Crippen LogP contribution is 2.64. The summed E-state index contributed by atoms with van der Waals surface area (Å²) >= 11 is 6.09. The zero-order valence-corrected chi connectivity index (χ0v) is 16.8. The highest BCUT2D eigenvalue weighted by Gasteiger charge is 2.75. The number of nitrogens with two attached hydrogens (primary N) is 1. The Morgan fingerprint density at radius 3 is 2.44 bits per heavy atom. The van der Waals surface area contributed by atoms with Crippen molar-refractivity contribution in [1.29, 1.82) is 0 Å². The molecule has 2 N–H and O–H groups in total. The molecule has 0 saturated heterocycles. The third-order valence-corrected chi connectivity index (χ3v) is 7.67. The number of hydrogen-bond donors (Lipinski definition) is 1. The second kappa shape index (κ2) is 7.26. The van der Waals surface area contributed by atoms with Crippen LogP contribution < -0.4 is 5.73 Å². The Hall–Kier alpha value is -1.89. The van der Waals surface area contributed by atoms with Crippen LogP contribution in [0.5, 0.6) is 0 Å². The Morgan fingerprint density at radius 1 is 1.22 bits per heavy atom. The van der Waals surface area contributed by atoms with Crippen LogP contribution in [0.2, 0.25) is 5.02 Å². The maximum atomic E-state index is 13.4. The van der Waals surface area contributed by atoms with Gasteiger partial charge in [0.15, 0.2) is 9.84 Å². The van der Waals surface area contributed by atoms with Crippen LogP contribution in [-0.2, 0) is 19.4 Å². The fraction of sp³-hybridized carbons (Fsp3) is 0.350. The lowest BCUT2D eigenvalue weighted by Crippen LogP contribution is -2.33. The van der Waals surface area contributed by atoms with Crippen molar-refractivity contribution in [2.45, 2.75) is 29.9 Å². The smallest absolute Gasteiger partial charge is 0.315 e. The molecular formula is C20H22ClNO4S. The van der Waals surface area contributed by atoms with Gasteiger partial charge < -0.3 is 10.5 Å². The van der Waals surface area contributed by atoms with Crippen molar-refractivity contribution < 1.29 is 17.9 Å². The zero-order chi connectivity index (χ0) is 19.8. The number of aryl methyl sites for hydroxylation is 1. The Kier molecular flexibility index (Phi) is 5.34. The molecule has 0 bridgehead atoms.